The highest BCUT2D eigenvalue weighted by atomic mass is 32.1. The Labute approximate surface area is 150 Å². The van der Waals surface area contributed by atoms with Crippen LogP contribution in [0.2, 0.25) is 0 Å². The number of ketones is 1. The number of rotatable bonds is 5. The quantitative estimate of drug-likeness (QED) is 0.519. The fourth-order valence-corrected chi connectivity index (χ4v) is 4.10. The number of thiophene rings is 1. The van der Waals surface area contributed by atoms with Gasteiger partial charge in [0.05, 0.1) is 18.3 Å². The number of carbonyl (C=O) groups excluding carboxylic acids is 1. The molecule has 0 unspecified atom stereocenters. The summed E-state index contributed by atoms with van der Waals surface area (Å²) in [4.78, 5) is 31.7. The first-order chi connectivity index (χ1) is 11.8. The number of hydrogen-bond acceptors (Lipinski definition) is 4. The van der Waals surface area contributed by atoms with Gasteiger partial charge in [-0.1, -0.05) is 6.08 Å². The third-order valence-corrected chi connectivity index (χ3v) is 5.77. The number of aromatic nitrogens is 3. The fraction of sp³-hybridized carbons (Fsp3) is 0.316. The Hall–Kier alpha value is -2.47. The number of fused-ring (bicyclic) bond motifs is 1. The molecule has 0 aliphatic rings. The first kappa shape index (κ1) is 17.4. The van der Waals surface area contributed by atoms with Crippen LogP contribution in [0.25, 0.3) is 10.2 Å². The molecule has 0 radical (unpaired) electrons. The third-order valence-electron chi connectivity index (χ3n) is 4.66. The van der Waals surface area contributed by atoms with Crippen LogP contribution in [0, 0.1) is 27.7 Å². The van der Waals surface area contributed by atoms with Crippen molar-refractivity contribution in [3.8, 4) is 0 Å². The van der Waals surface area contributed by atoms with E-state index in [1.807, 2.05) is 38.3 Å². The minimum atomic E-state index is -0.153. The largest absolute Gasteiger partial charge is 0.345 e. The van der Waals surface area contributed by atoms with Gasteiger partial charge in [-0.3, -0.25) is 14.2 Å². The number of carbonyl (C=O) groups is 1. The van der Waals surface area contributed by atoms with Crippen molar-refractivity contribution in [2.75, 3.05) is 0 Å². The highest BCUT2D eigenvalue weighted by Gasteiger charge is 2.18. The van der Waals surface area contributed by atoms with Crippen LogP contribution < -0.4 is 5.56 Å². The van der Waals surface area contributed by atoms with Crippen LogP contribution in [-0.4, -0.2) is 19.9 Å². The SMILES string of the molecule is C=CCn1c(C)cc(C(=O)Cn2cnc3sc(C)c(C)c3c2=O)c1C. The molecule has 0 amide bonds. The van der Waals surface area contributed by atoms with E-state index in [4.69, 9.17) is 0 Å². The number of Topliss-reactive ketones (excluding diaryl/α,β-unsaturated/α-hetero) is 1. The summed E-state index contributed by atoms with van der Waals surface area (Å²) in [5.41, 5.74) is 3.34. The van der Waals surface area contributed by atoms with Crippen LogP contribution in [0.1, 0.15) is 32.2 Å². The van der Waals surface area contributed by atoms with Crippen molar-refractivity contribution in [1.29, 1.82) is 0 Å². The molecule has 130 valence electrons. The zero-order valence-electron chi connectivity index (χ0n) is 14.9. The van der Waals surface area contributed by atoms with Gasteiger partial charge in [-0.15, -0.1) is 17.9 Å². The molecule has 0 aliphatic carbocycles. The van der Waals surface area contributed by atoms with E-state index in [0.29, 0.717) is 17.5 Å². The van der Waals surface area contributed by atoms with E-state index in [0.717, 1.165) is 26.7 Å². The molecule has 6 heteroatoms. The van der Waals surface area contributed by atoms with Gasteiger partial charge in [0.2, 0.25) is 0 Å². The Morgan fingerprint density at radius 1 is 1.32 bits per heavy atom. The summed E-state index contributed by atoms with van der Waals surface area (Å²) in [6.45, 7) is 12.2. The van der Waals surface area contributed by atoms with Gasteiger partial charge in [0.1, 0.15) is 4.83 Å². The summed E-state index contributed by atoms with van der Waals surface area (Å²) in [5, 5.41) is 0.620. The Morgan fingerprint density at radius 2 is 2.04 bits per heavy atom. The number of nitrogens with zero attached hydrogens (tertiary/aromatic N) is 3. The van der Waals surface area contributed by atoms with Crippen LogP contribution in [0.4, 0.5) is 0 Å². The first-order valence-corrected chi connectivity index (χ1v) is 8.92. The lowest BCUT2D eigenvalue weighted by atomic mass is 10.1. The molecule has 25 heavy (non-hydrogen) atoms. The molecule has 5 nitrogen and oxygen atoms in total. The Kier molecular flexibility index (Phi) is 4.47. The molecule has 0 spiro atoms. The predicted octanol–water partition coefficient (Wildman–Crippen LogP) is 3.56. The molecule has 0 N–H and O–H groups in total. The van der Waals surface area contributed by atoms with Gasteiger partial charge in [0, 0.05) is 28.4 Å². The summed E-state index contributed by atoms with van der Waals surface area (Å²) in [6, 6.07) is 1.87. The van der Waals surface area contributed by atoms with E-state index in [-0.39, 0.29) is 17.9 Å². The highest BCUT2D eigenvalue weighted by molar-refractivity contribution is 7.18. The van der Waals surface area contributed by atoms with Crippen LogP contribution in [0.15, 0.2) is 29.8 Å². The Morgan fingerprint density at radius 3 is 2.72 bits per heavy atom. The number of aryl methyl sites for hydroxylation is 3. The second-order valence-corrected chi connectivity index (χ2v) is 7.45. The van der Waals surface area contributed by atoms with Crippen LogP contribution in [0.3, 0.4) is 0 Å². The van der Waals surface area contributed by atoms with Crippen molar-refractivity contribution in [3.05, 3.63) is 62.8 Å². The molecule has 3 aromatic rings. The van der Waals surface area contributed by atoms with Crippen molar-refractivity contribution < 1.29 is 4.79 Å². The minimum absolute atomic E-state index is 0.00547. The monoisotopic (exact) mass is 355 g/mol. The summed E-state index contributed by atoms with van der Waals surface area (Å²) in [7, 11) is 0. The topological polar surface area (TPSA) is 56.9 Å². The number of hydrogen-bond donors (Lipinski definition) is 0. The van der Waals surface area contributed by atoms with Crippen molar-refractivity contribution in [2.45, 2.75) is 40.8 Å². The zero-order valence-corrected chi connectivity index (χ0v) is 15.7. The molecule has 0 saturated heterocycles. The number of allylic oxidation sites excluding steroid dienone is 1. The van der Waals surface area contributed by atoms with E-state index in [2.05, 4.69) is 11.6 Å². The average Bonchev–Trinajstić information content (AvgIpc) is 3.01. The average molecular weight is 355 g/mol. The second-order valence-electron chi connectivity index (χ2n) is 6.25. The second kappa shape index (κ2) is 6.44. The fourth-order valence-electron chi connectivity index (χ4n) is 3.12. The van der Waals surface area contributed by atoms with E-state index in [1.54, 1.807) is 6.08 Å². The van der Waals surface area contributed by atoms with Gasteiger partial charge >= 0.3 is 0 Å². The lowest BCUT2D eigenvalue weighted by Crippen LogP contribution is -2.24. The lowest BCUT2D eigenvalue weighted by Gasteiger charge is -2.07. The maximum Gasteiger partial charge on any atom is 0.262 e. The zero-order chi connectivity index (χ0) is 18.3. The van der Waals surface area contributed by atoms with Gasteiger partial charge < -0.3 is 4.57 Å². The van der Waals surface area contributed by atoms with Crippen molar-refractivity contribution in [3.63, 3.8) is 0 Å². The molecule has 0 aliphatic heterocycles. The van der Waals surface area contributed by atoms with Gasteiger partial charge in [0.25, 0.3) is 5.56 Å². The van der Waals surface area contributed by atoms with E-state index in [9.17, 15) is 9.59 Å². The molecular formula is C19H21N3O2S. The Bertz CT molecular complexity index is 1050. The predicted molar refractivity (Wildman–Crippen MR) is 102 cm³/mol. The highest BCUT2D eigenvalue weighted by Crippen LogP contribution is 2.25. The molecule has 0 aromatic carbocycles. The standard InChI is InChI=1S/C19H21N3O2S/c1-6-7-22-11(2)8-15(13(22)4)16(23)9-21-10-20-18-17(19(21)24)12(3)14(5)25-18/h6,8,10H,1,7,9H2,2-5H3. The molecule has 3 aromatic heterocycles. The van der Waals surface area contributed by atoms with Crippen LogP contribution in [-0.2, 0) is 13.1 Å². The van der Waals surface area contributed by atoms with Gasteiger partial charge in [-0.25, -0.2) is 4.98 Å². The maximum absolute atomic E-state index is 12.8. The molecule has 0 saturated carbocycles. The molecule has 3 heterocycles. The van der Waals surface area contributed by atoms with Crippen molar-refractivity contribution in [1.82, 2.24) is 14.1 Å². The Balaban J connectivity index is 1.99. The summed E-state index contributed by atoms with van der Waals surface area (Å²) < 4.78 is 3.44. The summed E-state index contributed by atoms with van der Waals surface area (Å²) in [5.74, 6) is -0.0868. The maximum atomic E-state index is 12.8. The smallest absolute Gasteiger partial charge is 0.262 e. The van der Waals surface area contributed by atoms with Crippen molar-refractivity contribution in [2.24, 2.45) is 0 Å². The third kappa shape index (κ3) is 2.87. The normalized spacial score (nSPS) is 11.2. The van der Waals surface area contributed by atoms with Crippen molar-refractivity contribution >= 4 is 27.3 Å². The minimum Gasteiger partial charge on any atom is -0.345 e. The lowest BCUT2D eigenvalue weighted by molar-refractivity contribution is 0.0970. The molecular weight excluding hydrogens is 334 g/mol. The van der Waals surface area contributed by atoms with Gasteiger partial charge in [-0.05, 0) is 39.3 Å². The molecule has 0 bridgehead atoms. The van der Waals surface area contributed by atoms with Gasteiger partial charge in [0.15, 0.2) is 5.78 Å². The van der Waals surface area contributed by atoms with Crippen LogP contribution >= 0.6 is 11.3 Å². The molecule has 0 fully saturated rings. The summed E-state index contributed by atoms with van der Waals surface area (Å²) in [6.07, 6.45) is 3.28. The first-order valence-electron chi connectivity index (χ1n) is 8.11. The molecule has 0 atom stereocenters. The molecule has 3 rings (SSSR count). The summed E-state index contributed by atoms with van der Waals surface area (Å²) >= 11 is 1.51. The van der Waals surface area contributed by atoms with E-state index in [1.165, 1.54) is 22.2 Å². The van der Waals surface area contributed by atoms with E-state index >= 15 is 0 Å². The van der Waals surface area contributed by atoms with Gasteiger partial charge in [-0.2, -0.15) is 0 Å². The van der Waals surface area contributed by atoms with E-state index < -0.39 is 0 Å². The van der Waals surface area contributed by atoms with Crippen LogP contribution in [0.5, 0.6) is 0 Å².